The summed E-state index contributed by atoms with van der Waals surface area (Å²) in [6.45, 7) is 2.53. The minimum atomic E-state index is -2.81. The molecule has 0 saturated carbocycles. The second kappa shape index (κ2) is 6.94. The monoisotopic (exact) mass is 246 g/mol. The summed E-state index contributed by atoms with van der Waals surface area (Å²) in [6.07, 6.45) is 8.42. The number of allylic oxidation sites excluding steroid dienone is 1. The molecule has 94 valence electrons. The number of ether oxygens (including phenoxy) is 1. The highest BCUT2D eigenvalue weighted by Crippen LogP contribution is 2.20. The van der Waals surface area contributed by atoms with E-state index in [4.69, 9.17) is 4.74 Å². The number of hydrogen-bond acceptors (Lipinski definition) is 3. The van der Waals surface area contributed by atoms with Crippen molar-refractivity contribution in [1.29, 1.82) is 0 Å². The van der Waals surface area contributed by atoms with Crippen molar-refractivity contribution in [2.24, 2.45) is 5.92 Å². The number of rotatable bonds is 4. The summed E-state index contributed by atoms with van der Waals surface area (Å²) >= 11 is 0. The first-order valence-electron chi connectivity index (χ1n) is 6.07. The molecule has 1 heterocycles. The fourth-order valence-corrected chi connectivity index (χ4v) is 3.95. The Bertz CT molecular complexity index is 306. The molecule has 0 aromatic heterocycles. The molecule has 1 unspecified atom stereocenters. The smallest absolute Gasteiger partial charge is 0.150 e. The van der Waals surface area contributed by atoms with Gasteiger partial charge in [0.2, 0.25) is 0 Å². The van der Waals surface area contributed by atoms with Crippen LogP contribution in [0.2, 0.25) is 0 Å². The molecular formula is C12H22O3S. The SMILES string of the molecule is C/C=C/OCCC1CCCCCS(=O)(=O)C1. The van der Waals surface area contributed by atoms with E-state index in [2.05, 4.69) is 0 Å². The van der Waals surface area contributed by atoms with E-state index in [1.807, 2.05) is 13.0 Å². The van der Waals surface area contributed by atoms with E-state index in [-0.39, 0.29) is 5.92 Å². The Morgan fingerprint density at radius 2 is 2.12 bits per heavy atom. The largest absolute Gasteiger partial charge is 0.502 e. The number of hydrogen-bond donors (Lipinski definition) is 0. The van der Waals surface area contributed by atoms with Crippen LogP contribution in [0.4, 0.5) is 0 Å². The minimum Gasteiger partial charge on any atom is -0.502 e. The van der Waals surface area contributed by atoms with Crippen LogP contribution in [-0.4, -0.2) is 26.5 Å². The molecule has 1 aliphatic heterocycles. The van der Waals surface area contributed by atoms with Gasteiger partial charge in [0.05, 0.1) is 24.4 Å². The summed E-state index contributed by atoms with van der Waals surface area (Å²) in [5, 5.41) is 0. The van der Waals surface area contributed by atoms with E-state index < -0.39 is 9.84 Å². The first-order chi connectivity index (χ1) is 7.64. The van der Waals surface area contributed by atoms with Crippen molar-refractivity contribution in [3.8, 4) is 0 Å². The average Bonchev–Trinajstić information content (AvgIpc) is 2.20. The Labute approximate surface area is 98.8 Å². The van der Waals surface area contributed by atoms with Gasteiger partial charge in [-0.25, -0.2) is 8.42 Å². The highest BCUT2D eigenvalue weighted by molar-refractivity contribution is 7.91. The molecule has 0 bridgehead atoms. The second-order valence-electron chi connectivity index (χ2n) is 4.46. The van der Waals surface area contributed by atoms with Crippen LogP contribution in [0.25, 0.3) is 0 Å². The molecule has 0 aliphatic carbocycles. The molecular weight excluding hydrogens is 224 g/mol. The van der Waals surface area contributed by atoms with E-state index >= 15 is 0 Å². The third kappa shape index (κ3) is 5.54. The quantitative estimate of drug-likeness (QED) is 0.565. The van der Waals surface area contributed by atoms with Gasteiger partial charge in [-0.2, -0.15) is 0 Å². The highest BCUT2D eigenvalue weighted by atomic mass is 32.2. The van der Waals surface area contributed by atoms with Crippen molar-refractivity contribution >= 4 is 9.84 Å². The van der Waals surface area contributed by atoms with Gasteiger partial charge in [0.1, 0.15) is 0 Å². The van der Waals surface area contributed by atoms with Crippen LogP contribution < -0.4 is 0 Å². The first kappa shape index (κ1) is 13.6. The van der Waals surface area contributed by atoms with E-state index in [1.165, 1.54) is 0 Å². The first-order valence-corrected chi connectivity index (χ1v) is 7.89. The lowest BCUT2D eigenvalue weighted by Gasteiger charge is -2.19. The lowest BCUT2D eigenvalue weighted by atomic mass is 10.00. The van der Waals surface area contributed by atoms with Gasteiger partial charge in [-0.3, -0.25) is 0 Å². The van der Waals surface area contributed by atoms with Crippen LogP contribution in [0, 0.1) is 5.92 Å². The van der Waals surface area contributed by atoms with Crippen LogP contribution in [0.3, 0.4) is 0 Å². The van der Waals surface area contributed by atoms with Gasteiger partial charge in [0.25, 0.3) is 0 Å². The second-order valence-corrected chi connectivity index (χ2v) is 6.69. The fraction of sp³-hybridized carbons (Fsp3) is 0.833. The third-order valence-electron chi connectivity index (χ3n) is 2.93. The number of sulfone groups is 1. The zero-order valence-electron chi connectivity index (χ0n) is 10.0. The molecule has 1 atom stereocenters. The molecule has 0 aromatic rings. The normalized spacial score (nSPS) is 26.2. The van der Waals surface area contributed by atoms with Crippen molar-refractivity contribution in [3.63, 3.8) is 0 Å². The Morgan fingerprint density at radius 3 is 2.88 bits per heavy atom. The third-order valence-corrected chi connectivity index (χ3v) is 4.82. The molecule has 0 radical (unpaired) electrons. The zero-order valence-corrected chi connectivity index (χ0v) is 10.8. The predicted molar refractivity (Wildman–Crippen MR) is 66.0 cm³/mol. The Kier molecular flexibility index (Phi) is 5.88. The molecule has 0 N–H and O–H groups in total. The maximum absolute atomic E-state index is 11.7. The van der Waals surface area contributed by atoms with Crippen molar-refractivity contribution < 1.29 is 13.2 Å². The summed E-state index contributed by atoms with van der Waals surface area (Å²) in [7, 11) is -2.81. The zero-order chi connectivity index (χ0) is 11.9. The van der Waals surface area contributed by atoms with Crippen LogP contribution in [-0.2, 0) is 14.6 Å². The van der Waals surface area contributed by atoms with Gasteiger partial charge in [0, 0.05) is 0 Å². The van der Waals surface area contributed by atoms with Crippen LogP contribution in [0.1, 0.15) is 39.0 Å². The fourth-order valence-electron chi connectivity index (χ4n) is 2.08. The van der Waals surface area contributed by atoms with E-state index in [1.54, 1.807) is 6.26 Å². The molecule has 1 fully saturated rings. The molecule has 1 saturated heterocycles. The predicted octanol–water partition coefficient (Wildman–Crippen LogP) is 2.53. The van der Waals surface area contributed by atoms with Gasteiger partial charge in [-0.1, -0.05) is 18.9 Å². The summed E-state index contributed by atoms with van der Waals surface area (Å²) in [6, 6.07) is 0. The molecule has 16 heavy (non-hydrogen) atoms. The molecule has 3 nitrogen and oxygen atoms in total. The maximum Gasteiger partial charge on any atom is 0.150 e. The van der Waals surface area contributed by atoms with Crippen LogP contribution in [0.5, 0.6) is 0 Å². The van der Waals surface area contributed by atoms with Crippen molar-refractivity contribution in [1.82, 2.24) is 0 Å². The molecule has 4 heteroatoms. The van der Waals surface area contributed by atoms with Crippen molar-refractivity contribution in [2.75, 3.05) is 18.1 Å². The Balaban J connectivity index is 2.37. The van der Waals surface area contributed by atoms with Gasteiger partial charge in [-0.05, 0) is 32.1 Å². The molecule has 0 amide bonds. The van der Waals surface area contributed by atoms with Gasteiger partial charge < -0.3 is 4.74 Å². The topological polar surface area (TPSA) is 43.4 Å². The van der Waals surface area contributed by atoms with Gasteiger partial charge >= 0.3 is 0 Å². The van der Waals surface area contributed by atoms with Gasteiger partial charge in [-0.15, -0.1) is 0 Å². The maximum atomic E-state index is 11.7. The summed E-state index contributed by atoms with van der Waals surface area (Å²) < 4.78 is 28.6. The summed E-state index contributed by atoms with van der Waals surface area (Å²) in [4.78, 5) is 0. The van der Waals surface area contributed by atoms with E-state index in [9.17, 15) is 8.42 Å². The van der Waals surface area contributed by atoms with Crippen LogP contribution >= 0.6 is 0 Å². The molecule has 1 aliphatic rings. The van der Waals surface area contributed by atoms with Crippen molar-refractivity contribution in [3.05, 3.63) is 12.3 Å². The highest BCUT2D eigenvalue weighted by Gasteiger charge is 2.21. The van der Waals surface area contributed by atoms with Gasteiger partial charge in [0.15, 0.2) is 9.84 Å². The average molecular weight is 246 g/mol. The van der Waals surface area contributed by atoms with E-state index in [0.29, 0.717) is 18.1 Å². The molecule has 0 aromatic carbocycles. The van der Waals surface area contributed by atoms with E-state index in [0.717, 1.165) is 32.1 Å². The lowest BCUT2D eigenvalue weighted by molar-refractivity contribution is 0.221. The lowest BCUT2D eigenvalue weighted by Crippen LogP contribution is -2.22. The molecule has 1 rings (SSSR count). The Hall–Kier alpha value is -0.510. The van der Waals surface area contributed by atoms with Crippen molar-refractivity contribution in [2.45, 2.75) is 39.0 Å². The Morgan fingerprint density at radius 1 is 1.31 bits per heavy atom. The van der Waals surface area contributed by atoms with Crippen LogP contribution in [0.15, 0.2) is 12.3 Å². The molecule has 0 spiro atoms. The standard InChI is InChI=1S/C12H22O3S/c1-2-8-15-9-7-12-6-4-3-5-10-16(13,14)11-12/h2,8,12H,3-7,9-11H2,1H3/b8-2+. The summed E-state index contributed by atoms with van der Waals surface area (Å²) in [5.41, 5.74) is 0. The minimum absolute atomic E-state index is 0.288. The summed E-state index contributed by atoms with van der Waals surface area (Å²) in [5.74, 6) is 1.02.